The van der Waals surface area contributed by atoms with E-state index in [-0.39, 0.29) is 25.2 Å². The van der Waals surface area contributed by atoms with Crippen molar-refractivity contribution in [1.82, 2.24) is 0 Å². The zero-order valence-corrected chi connectivity index (χ0v) is 61.2. The third-order valence-corrected chi connectivity index (χ3v) is 16.7. The van der Waals surface area contributed by atoms with Gasteiger partial charge in [0.15, 0.2) is 6.10 Å². The van der Waals surface area contributed by atoms with E-state index in [9.17, 15) is 14.7 Å². The summed E-state index contributed by atoms with van der Waals surface area (Å²) in [5.74, 6) is -0.585. The smallest absolute Gasteiger partial charge is 0.306 e. The van der Waals surface area contributed by atoms with Gasteiger partial charge in [-0.1, -0.05) is 382 Å². The molecule has 0 amide bonds. The van der Waals surface area contributed by atoms with Crippen molar-refractivity contribution in [2.24, 2.45) is 0 Å². The fraction of sp³-hybridized carbons (Fsp3) is 0.640. The number of aliphatic hydroxyl groups is 1. The minimum absolute atomic E-state index is 0.0703. The Hall–Kier alpha value is -5.00. The number of rotatable bonds is 71. The quantitative estimate of drug-likeness (QED) is 0.0373. The second kappa shape index (κ2) is 82.2. The predicted molar refractivity (Wildman–Crippen MR) is 416 cm³/mol. The van der Waals surface area contributed by atoms with Crippen LogP contribution in [-0.4, -0.2) is 36.4 Å². The van der Waals surface area contributed by atoms with E-state index < -0.39 is 6.10 Å². The second-order valence-electron chi connectivity index (χ2n) is 25.7. The Morgan fingerprint density at radius 3 is 0.638 bits per heavy atom. The molecular formula is C89H146O5. The Kier molecular flexibility index (Phi) is 77.9. The number of hydrogen-bond donors (Lipinski definition) is 1. The highest BCUT2D eigenvalue weighted by atomic mass is 16.6. The van der Waals surface area contributed by atoms with Gasteiger partial charge in [-0.25, -0.2) is 0 Å². The van der Waals surface area contributed by atoms with Crippen LogP contribution < -0.4 is 0 Å². The van der Waals surface area contributed by atoms with Crippen LogP contribution in [0, 0.1) is 0 Å². The molecule has 1 atom stereocenters. The fourth-order valence-electron chi connectivity index (χ4n) is 10.9. The molecular weight excluding hydrogens is 1150 g/mol. The van der Waals surface area contributed by atoms with Crippen molar-refractivity contribution in [2.45, 2.75) is 354 Å². The molecule has 0 aliphatic rings. The number of carbonyl (C=O) groups is 2. The zero-order valence-electron chi connectivity index (χ0n) is 61.2. The summed E-state index contributed by atoms with van der Waals surface area (Å²) in [4.78, 5) is 24.7. The molecule has 0 aliphatic heterocycles. The number of unbranched alkanes of at least 4 members (excludes halogenated alkanes) is 33. The molecule has 0 saturated heterocycles. The number of ether oxygens (including phenoxy) is 2. The molecule has 1 N–H and O–H groups in total. The molecule has 0 heterocycles. The first kappa shape index (κ1) is 89.0. The summed E-state index contributed by atoms with van der Waals surface area (Å²) in [5.41, 5.74) is 0. The average molecular weight is 1300 g/mol. The highest BCUT2D eigenvalue weighted by Gasteiger charge is 2.16. The van der Waals surface area contributed by atoms with E-state index in [1.807, 2.05) is 0 Å². The van der Waals surface area contributed by atoms with Gasteiger partial charge >= 0.3 is 11.9 Å². The standard InChI is InChI=1S/C89H146O5/c1-3-5-7-9-11-13-15-17-19-21-23-25-27-29-31-33-35-37-39-41-43-44-46-48-50-52-54-56-58-60-62-64-66-68-70-72-74-76-78-80-82-84-89(92)94-87(85-90)86-93-88(91)83-81-79-77-75-73-71-69-67-65-63-61-59-57-55-53-51-49-47-45-42-40-38-36-34-32-30-28-26-24-22-20-18-16-14-12-10-8-6-4-2/h5-8,11-14,17-20,23-26,29-32,35-38,41-43,45-46,48,87,90H,3-4,9-10,15-16,21-22,27-28,33-34,39-40,44,47,49-86H2,1-2H3/b7-5-,8-6-,13-11-,14-12-,19-17-,20-18-,25-23-,26-24-,31-29-,32-30-,37-35-,38-36-,43-41-,45-42-,48-46-. The van der Waals surface area contributed by atoms with Crippen LogP contribution in [0.3, 0.4) is 0 Å². The third kappa shape index (κ3) is 79.4. The summed E-state index contributed by atoms with van der Waals surface area (Å²) in [5, 5.41) is 9.73. The molecule has 0 bridgehead atoms. The zero-order chi connectivity index (χ0) is 67.5. The molecule has 0 aromatic rings. The van der Waals surface area contributed by atoms with E-state index in [4.69, 9.17) is 9.47 Å². The topological polar surface area (TPSA) is 72.8 Å². The Morgan fingerprint density at radius 2 is 0.426 bits per heavy atom. The van der Waals surface area contributed by atoms with Gasteiger partial charge in [-0.15, -0.1) is 0 Å². The van der Waals surface area contributed by atoms with E-state index in [1.54, 1.807) is 0 Å². The minimum atomic E-state index is -0.782. The van der Waals surface area contributed by atoms with Crippen molar-refractivity contribution in [3.05, 3.63) is 182 Å². The Morgan fingerprint density at radius 1 is 0.245 bits per heavy atom. The summed E-state index contributed by atoms with van der Waals surface area (Å²) < 4.78 is 10.8. The van der Waals surface area contributed by atoms with E-state index in [0.717, 1.165) is 135 Å². The van der Waals surface area contributed by atoms with Crippen LogP contribution in [0.15, 0.2) is 182 Å². The first-order chi connectivity index (χ1) is 46.6. The van der Waals surface area contributed by atoms with Crippen LogP contribution in [0.25, 0.3) is 0 Å². The normalized spacial score (nSPS) is 13.3. The van der Waals surface area contributed by atoms with Crippen molar-refractivity contribution in [3.63, 3.8) is 0 Å². The van der Waals surface area contributed by atoms with Crippen LogP contribution in [0.5, 0.6) is 0 Å². The van der Waals surface area contributed by atoms with Gasteiger partial charge in [0, 0.05) is 12.8 Å². The van der Waals surface area contributed by atoms with Crippen LogP contribution in [0.4, 0.5) is 0 Å². The van der Waals surface area contributed by atoms with Crippen molar-refractivity contribution in [3.8, 4) is 0 Å². The number of hydrogen-bond acceptors (Lipinski definition) is 5. The van der Waals surface area contributed by atoms with Gasteiger partial charge in [-0.2, -0.15) is 0 Å². The van der Waals surface area contributed by atoms with Gasteiger partial charge in [-0.3, -0.25) is 9.59 Å². The first-order valence-electron chi connectivity index (χ1n) is 39.3. The first-order valence-corrected chi connectivity index (χ1v) is 39.3. The molecule has 0 aromatic carbocycles. The molecule has 0 fully saturated rings. The number of allylic oxidation sites excluding steroid dienone is 30. The maximum absolute atomic E-state index is 12.4. The fourth-order valence-corrected chi connectivity index (χ4v) is 10.9. The van der Waals surface area contributed by atoms with Crippen molar-refractivity contribution < 1.29 is 24.2 Å². The maximum Gasteiger partial charge on any atom is 0.306 e. The van der Waals surface area contributed by atoms with E-state index in [2.05, 4.69) is 196 Å². The van der Waals surface area contributed by atoms with E-state index in [1.165, 1.54) is 186 Å². The minimum Gasteiger partial charge on any atom is -0.462 e. The molecule has 5 nitrogen and oxygen atoms in total. The third-order valence-electron chi connectivity index (χ3n) is 16.7. The number of carbonyl (C=O) groups excluding carboxylic acids is 2. The number of esters is 2. The molecule has 5 heteroatoms. The molecule has 532 valence electrons. The lowest BCUT2D eigenvalue weighted by molar-refractivity contribution is -0.161. The molecule has 94 heavy (non-hydrogen) atoms. The lowest BCUT2D eigenvalue weighted by Crippen LogP contribution is -2.28. The molecule has 0 saturated carbocycles. The van der Waals surface area contributed by atoms with Crippen LogP contribution >= 0.6 is 0 Å². The molecule has 0 radical (unpaired) electrons. The average Bonchev–Trinajstić information content (AvgIpc) is 3.77. The van der Waals surface area contributed by atoms with Gasteiger partial charge in [-0.05, 0) is 135 Å². The highest BCUT2D eigenvalue weighted by Crippen LogP contribution is 2.18. The summed E-state index contributed by atoms with van der Waals surface area (Å²) >= 11 is 0. The summed E-state index contributed by atoms with van der Waals surface area (Å²) in [6.07, 6.45) is 128. The molecule has 0 aliphatic carbocycles. The van der Waals surface area contributed by atoms with Crippen LogP contribution in [0.1, 0.15) is 348 Å². The SMILES string of the molecule is CC/C=C\C/C=C\C/C=C\C/C=C\C/C=C\C/C=C\C/C=C\C/C=C\CCCCCCCCCCCCCCCCCCC(=O)OC(CO)COC(=O)CCCCCCCCCCCCCCCCCCC/C=C\C/C=C\C/C=C\C/C=C\C/C=C\C/C=C\C/C=C\CC. The van der Waals surface area contributed by atoms with Gasteiger partial charge in [0.25, 0.3) is 0 Å². The Balaban J connectivity index is 3.49. The van der Waals surface area contributed by atoms with Crippen LogP contribution in [-0.2, 0) is 19.1 Å². The Labute approximate surface area is 582 Å². The largest absolute Gasteiger partial charge is 0.462 e. The van der Waals surface area contributed by atoms with Crippen molar-refractivity contribution in [2.75, 3.05) is 13.2 Å². The highest BCUT2D eigenvalue weighted by molar-refractivity contribution is 5.70. The van der Waals surface area contributed by atoms with E-state index >= 15 is 0 Å². The number of aliphatic hydroxyl groups excluding tert-OH is 1. The summed E-state index contributed by atoms with van der Waals surface area (Å²) in [7, 11) is 0. The van der Waals surface area contributed by atoms with Crippen molar-refractivity contribution in [1.29, 1.82) is 0 Å². The van der Waals surface area contributed by atoms with E-state index in [0.29, 0.717) is 12.8 Å². The van der Waals surface area contributed by atoms with Gasteiger partial charge in [0.1, 0.15) is 6.61 Å². The predicted octanol–water partition coefficient (Wildman–Crippen LogP) is 28.1. The molecule has 0 aromatic heterocycles. The van der Waals surface area contributed by atoms with Gasteiger partial charge in [0.2, 0.25) is 0 Å². The maximum atomic E-state index is 12.4. The van der Waals surface area contributed by atoms with Gasteiger partial charge in [0.05, 0.1) is 6.61 Å². The molecule has 1 unspecified atom stereocenters. The lowest BCUT2D eigenvalue weighted by atomic mass is 10.0. The summed E-state index contributed by atoms with van der Waals surface area (Å²) in [6.45, 7) is 3.93. The Bertz CT molecular complexity index is 2060. The van der Waals surface area contributed by atoms with Gasteiger partial charge < -0.3 is 14.6 Å². The summed E-state index contributed by atoms with van der Waals surface area (Å²) in [6, 6.07) is 0. The monoisotopic (exact) mass is 1300 g/mol. The van der Waals surface area contributed by atoms with Crippen molar-refractivity contribution >= 4 is 11.9 Å². The molecule has 0 rings (SSSR count). The molecule has 0 spiro atoms. The second-order valence-corrected chi connectivity index (χ2v) is 25.7. The van der Waals surface area contributed by atoms with Crippen LogP contribution in [0.2, 0.25) is 0 Å². The lowest BCUT2D eigenvalue weighted by Gasteiger charge is -2.15.